The Morgan fingerprint density at radius 3 is 2.56 bits per heavy atom. The second kappa shape index (κ2) is 11.4. The fourth-order valence-corrected chi connectivity index (χ4v) is 2.87. The van der Waals surface area contributed by atoms with E-state index in [1.807, 2.05) is 12.1 Å². The van der Waals surface area contributed by atoms with Crippen molar-refractivity contribution in [1.29, 1.82) is 0 Å². The summed E-state index contributed by atoms with van der Waals surface area (Å²) in [4.78, 5) is 4.27. The first-order chi connectivity index (χ1) is 11.6. The van der Waals surface area contributed by atoms with Crippen molar-refractivity contribution in [3.8, 4) is 11.5 Å². The highest BCUT2D eigenvalue weighted by Crippen LogP contribution is 2.34. The van der Waals surface area contributed by atoms with E-state index >= 15 is 0 Å². The molecule has 1 aromatic carbocycles. The van der Waals surface area contributed by atoms with Crippen molar-refractivity contribution in [2.45, 2.75) is 52.2 Å². The Morgan fingerprint density at radius 1 is 1.24 bits per heavy atom. The van der Waals surface area contributed by atoms with Gasteiger partial charge in [-0.15, -0.1) is 24.0 Å². The molecule has 2 rings (SSSR count). The van der Waals surface area contributed by atoms with Gasteiger partial charge < -0.3 is 20.1 Å². The molecular weight excluding hydrogens is 429 g/mol. The largest absolute Gasteiger partial charge is 0.493 e. The van der Waals surface area contributed by atoms with Gasteiger partial charge in [-0.2, -0.15) is 0 Å². The number of nitrogens with one attached hydrogen (secondary N) is 2. The predicted octanol–water partition coefficient (Wildman–Crippen LogP) is 3.96. The fraction of sp³-hybridized carbons (Fsp3) is 0.632. The minimum Gasteiger partial charge on any atom is -0.493 e. The van der Waals surface area contributed by atoms with Gasteiger partial charge in [0.15, 0.2) is 17.5 Å². The number of rotatable bonds is 7. The summed E-state index contributed by atoms with van der Waals surface area (Å²) in [6.45, 7) is 5.89. The summed E-state index contributed by atoms with van der Waals surface area (Å²) in [5.41, 5.74) is 1.09. The van der Waals surface area contributed by atoms with E-state index < -0.39 is 0 Å². The van der Waals surface area contributed by atoms with Crippen molar-refractivity contribution < 1.29 is 9.47 Å². The molecule has 142 valence electrons. The van der Waals surface area contributed by atoms with Crippen LogP contribution in [0.15, 0.2) is 23.2 Å². The average Bonchev–Trinajstić information content (AvgIpc) is 3.09. The van der Waals surface area contributed by atoms with Gasteiger partial charge in [-0.05, 0) is 37.7 Å². The SMILES string of the molecule is CN=C(NCc1cccc(OC)c1OC1CCCC1)NCC(C)C.I. The van der Waals surface area contributed by atoms with Crippen molar-refractivity contribution >= 4 is 29.9 Å². The first-order valence-corrected chi connectivity index (χ1v) is 8.91. The van der Waals surface area contributed by atoms with Gasteiger partial charge in [-0.1, -0.05) is 26.0 Å². The number of hydrogen-bond acceptors (Lipinski definition) is 3. The summed E-state index contributed by atoms with van der Waals surface area (Å²) in [5.74, 6) is 3.03. The maximum Gasteiger partial charge on any atom is 0.191 e. The smallest absolute Gasteiger partial charge is 0.191 e. The highest BCUT2D eigenvalue weighted by molar-refractivity contribution is 14.0. The molecular formula is C19H32IN3O2. The molecule has 5 nitrogen and oxygen atoms in total. The van der Waals surface area contributed by atoms with Crippen molar-refractivity contribution in [2.24, 2.45) is 10.9 Å². The van der Waals surface area contributed by atoms with Crippen LogP contribution < -0.4 is 20.1 Å². The van der Waals surface area contributed by atoms with Gasteiger partial charge in [0.05, 0.1) is 13.2 Å². The maximum absolute atomic E-state index is 6.27. The lowest BCUT2D eigenvalue weighted by Crippen LogP contribution is -2.38. The van der Waals surface area contributed by atoms with Crippen LogP contribution in [0.2, 0.25) is 0 Å². The quantitative estimate of drug-likeness (QED) is 0.367. The minimum atomic E-state index is 0. The summed E-state index contributed by atoms with van der Waals surface area (Å²) in [7, 11) is 3.48. The minimum absolute atomic E-state index is 0. The lowest BCUT2D eigenvalue weighted by atomic mass is 10.1. The normalized spacial score (nSPS) is 15.0. The van der Waals surface area contributed by atoms with E-state index in [9.17, 15) is 0 Å². The molecule has 0 heterocycles. The number of halogens is 1. The van der Waals surface area contributed by atoms with Gasteiger partial charge in [0, 0.05) is 25.7 Å². The molecule has 1 saturated carbocycles. The molecule has 1 fully saturated rings. The van der Waals surface area contributed by atoms with E-state index in [-0.39, 0.29) is 24.0 Å². The lowest BCUT2D eigenvalue weighted by molar-refractivity contribution is 0.198. The lowest BCUT2D eigenvalue weighted by Gasteiger charge is -2.20. The van der Waals surface area contributed by atoms with E-state index in [4.69, 9.17) is 9.47 Å². The van der Waals surface area contributed by atoms with Crippen LogP contribution in [0.25, 0.3) is 0 Å². The molecule has 2 N–H and O–H groups in total. The average molecular weight is 461 g/mol. The van der Waals surface area contributed by atoms with Crippen LogP contribution in [0.3, 0.4) is 0 Å². The van der Waals surface area contributed by atoms with Gasteiger partial charge in [-0.25, -0.2) is 0 Å². The number of nitrogens with zero attached hydrogens (tertiary/aromatic N) is 1. The van der Waals surface area contributed by atoms with Crippen molar-refractivity contribution in [3.05, 3.63) is 23.8 Å². The summed E-state index contributed by atoms with van der Waals surface area (Å²) < 4.78 is 11.8. The van der Waals surface area contributed by atoms with Gasteiger partial charge in [0.25, 0.3) is 0 Å². The number of hydrogen-bond donors (Lipinski definition) is 2. The van der Waals surface area contributed by atoms with Crippen LogP contribution in [0.4, 0.5) is 0 Å². The molecule has 0 unspecified atom stereocenters. The van der Waals surface area contributed by atoms with Gasteiger partial charge in [0.1, 0.15) is 0 Å². The Balaban J connectivity index is 0.00000312. The summed E-state index contributed by atoms with van der Waals surface area (Å²) in [6, 6.07) is 6.04. The Morgan fingerprint density at radius 2 is 1.96 bits per heavy atom. The van der Waals surface area contributed by atoms with Crippen LogP contribution in [0.5, 0.6) is 11.5 Å². The Bertz CT molecular complexity index is 543. The zero-order valence-electron chi connectivity index (χ0n) is 15.8. The van der Waals surface area contributed by atoms with Gasteiger partial charge >= 0.3 is 0 Å². The molecule has 0 radical (unpaired) electrons. The van der Waals surface area contributed by atoms with E-state index in [2.05, 4.69) is 35.5 Å². The monoisotopic (exact) mass is 461 g/mol. The van der Waals surface area contributed by atoms with Crippen LogP contribution >= 0.6 is 24.0 Å². The summed E-state index contributed by atoms with van der Waals surface area (Å²) >= 11 is 0. The Labute approximate surface area is 169 Å². The Hall–Kier alpha value is -1.18. The van der Waals surface area contributed by atoms with Crippen LogP contribution in [-0.4, -0.2) is 32.8 Å². The predicted molar refractivity (Wildman–Crippen MR) is 114 cm³/mol. The summed E-state index contributed by atoms with van der Waals surface area (Å²) in [6.07, 6.45) is 5.06. The van der Waals surface area contributed by atoms with Crippen LogP contribution in [0.1, 0.15) is 45.1 Å². The highest BCUT2D eigenvalue weighted by atomic mass is 127. The van der Waals surface area contributed by atoms with Crippen molar-refractivity contribution in [2.75, 3.05) is 20.7 Å². The molecule has 0 atom stereocenters. The molecule has 0 spiro atoms. The molecule has 25 heavy (non-hydrogen) atoms. The third-order valence-electron chi connectivity index (χ3n) is 4.21. The molecule has 0 saturated heterocycles. The van der Waals surface area contributed by atoms with E-state index in [1.165, 1.54) is 12.8 Å². The number of guanidine groups is 1. The molecule has 0 aromatic heterocycles. The number of para-hydroxylation sites is 1. The molecule has 6 heteroatoms. The fourth-order valence-electron chi connectivity index (χ4n) is 2.87. The van der Waals surface area contributed by atoms with Gasteiger partial charge in [0.2, 0.25) is 0 Å². The third kappa shape index (κ3) is 6.92. The Kier molecular flexibility index (Phi) is 10.0. The number of ether oxygens (including phenoxy) is 2. The van der Waals surface area contributed by atoms with Gasteiger partial charge in [-0.3, -0.25) is 4.99 Å². The highest BCUT2D eigenvalue weighted by Gasteiger charge is 2.20. The second-order valence-corrected chi connectivity index (χ2v) is 6.67. The maximum atomic E-state index is 6.27. The zero-order valence-corrected chi connectivity index (χ0v) is 18.1. The van der Waals surface area contributed by atoms with E-state index in [0.717, 1.165) is 42.4 Å². The first kappa shape index (κ1) is 21.9. The van der Waals surface area contributed by atoms with Crippen LogP contribution in [0, 0.1) is 5.92 Å². The number of benzene rings is 1. The van der Waals surface area contributed by atoms with Crippen LogP contribution in [-0.2, 0) is 6.54 Å². The van der Waals surface area contributed by atoms with E-state index in [1.54, 1.807) is 14.2 Å². The molecule has 0 amide bonds. The molecule has 1 aliphatic rings. The molecule has 1 aromatic rings. The first-order valence-electron chi connectivity index (χ1n) is 8.91. The van der Waals surface area contributed by atoms with E-state index in [0.29, 0.717) is 18.6 Å². The molecule has 1 aliphatic carbocycles. The third-order valence-corrected chi connectivity index (χ3v) is 4.21. The number of aliphatic imine (C=N–C) groups is 1. The molecule has 0 aliphatic heterocycles. The molecule has 0 bridgehead atoms. The number of methoxy groups -OCH3 is 1. The van der Waals surface area contributed by atoms with Crippen molar-refractivity contribution in [3.63, 3.8) is 0 Å². The zero-order chi connectivity index (χ0) is 17.4. The second-order valence-electron chi connectivity index (χ2n) is 6.67. The standard InChI is InChI=1S/C19H31N3O2.HI/c1-14(2)12-21-19(20-3)22-13-15-8-7-11-17(23-4)18(15)24-16-9-5-6-10-16;/h7-8,11,14,16H,5-6,9-10,12-13H2,1-4H3,(H2,20,21,22);1H. The van der Waals surface area contributed by atoms with Crippen molar-refractivity contribution in [1.82, 2.24) is 10.6 Å². The summed E-state index contributed by atoms with van der Waals surface area (Å²) in [5, 5.41) is 6.69. The topological polar surface area (TPSA) is 54.9 Å².